The molecule has 0 aliphatic carbocycles. The van der Waals surface area contributed by atoms with E-state index in [0.717, 1.165) is 36.2 Å². The number of aromatic nitrogens is 2. The second-order valence-corrected chi connectivity index (χ2v) is 5.69. The smallest absolute Gasteiger partial charge is 0.274 e. The minimum Gasteiger partial charge on any atom is -0.370 e. The van der Waals surface area contributed by atoms with Crippen LogP contribution in [-0.2, 0) is 0 Å². The Balaban J connectivity index is 2.18. The highest BCUT2D eigenvalue weighted by atomic mass is 16.1. The first-order valence-electron chi connectivity index (χ1n) is 7.98. The van der Waals surface area contributed by atoms with Crippen LogP contribution < -0.4 is 10.6 Å². The molecule has 0 radical (unpaired) electrons. The fourth-order valence-corrected chi connectivity index (χ4v) is 2.36. The van der Waals surface area contributed by atoms with Gasteiger partial charge in [0.1, 0.15) is 17.3 Å². The fraction of sp³-hybridized carbons (Fsp3) is 0.389. The zero-order valence-electron chi connectivity index (χ0n) is 14.2. The van der Waals surface area contributed by atoms with E-state index in [1.165, 1.54) is 0 Å². The van der Waals surface area contributed by atoms with Crippen molar-refractivity contribution in [1.82, 2.24) is 9.97 Å². The van der Waals surface area contributed by atoms with Crippen LogP contribution in [0.2, 0.25) is 0 Å². The molecule has 2 rings (SSSR count). The van der Waals surface area contributed by atoms with E-state index in [2.05, 4.69) is 27.5 Å². The fourth-order valence-electron chi connectivity index (χ4n) is 2.36. The molecular weight excluding hydrogens is 288 g/mol. The highest BCUT2D eigenvalue weighted by Gasteiger charge is 2.13. The van der Waals surface area contributed by atoms with Crippen molar-refractivity contribution in [1.29, 1.82) is 0 Å². The molecule has 122 valence electrons. The number of rotatable bonds is 6. The summed E-state index contributed by atoms with van der Waals surface area (Å²) in [4.78, 5) is 21.1. The first kappa shape index (κ1) is 16.9. The van der Waals surface area contributed by atoms with Crippen LogP contribution in [0, 0.1) is 20.8 Å². The molecule has 1 heterocycles. The zero-order valence-corrected chi connectivity index (χ0v) is 14.2. The summed E-state index contributed by atoms with van der Waals surface area (Å²) < 4.78 is 0. The third-order valence-electron chi connectivity index (χ3n) is 3.63. The van der Waals surface area contributed by atoms with Gasteiger partial charge in [-0.25, -0.2) is 9.97 Å². The molecule has 1 amide bonds. The number of hydrogen-bond donors (Lipinski definition) is 2. The number of anilines is 2. The van der Waals surface area contributed by atoms with Crippen LogP contribution in [0.1, 0.15) is 47.2 Å². The normalized spacial score (nSPS) is 10.4. The summed E-state index contributed by atoms with van der Waals surface area (Å²) >= 11 is 0. The summed E-state index contributed by atoms with van der Waals surface area (Å²) in [5.41, 5.74) is 3.28. The zero-order chi connectivity index (χ0) is 16.8. The molecule has 0 bridgehead atoms. The van der Waals surface area contributed by atoms with Crippen molar-refractivity contribution in [2.24, 2.45) is 0 Å². The molecule has 1 aromatic heterocycles. The van der Waals surface area contributed by atoms with Gasteiger partial charge in [0, 0.05) is 18.3 Å². The van der Waals surface area contributed by atoms with Crippen LogP contribution in [0.5, 0.6) is 0 Å². The molecular formula is C18H24N4O. The standard InChI is InChI=1S/C18H24N4O/c1-5-6-10-19-16-11-15(20-14(4)21-16)18(23)22-17-12(2)8-7-9-13(17)3/h7-9,11H,5-6,10H2,1-4H3,(H,22,23)(H,19,20,21). The monoisotopic (exact) mass is 312 g/mol. The molecule has 0 aliphatic heterocycles. The van der Waals surface area contributed by atoms with E-state index >= 15 is 0 Å². The molecule has 1 aromatic carbocycles. The summed E-state index contributed by atoms with van der Waals surface area (Å²) in [6.07, 6.45) is 2.17. The second-order valence-electron chi connectivity index (χ2n) is 5.69. The van der Waals surface area contributed by atoms with E-state index in [0.29, 0.717) is 17.3 Å². The number of benzene rings is 1. The lowest BCUT2D eigenvalue weighted by Crippen LogP contribution is -2.17. The van der Waals surface area contributed by atoms with E-state index in [4.69, 9.17) is 0 Å². The largest absolute Gasteiger partial charge is 0.370 e. The number of unbranched alkanes of at least 4 members (excludes halogenated alkanes) is 1. The van der Waals surface area contributed by atoms with Crippen LogP contribution in [-0.4, -0.2) is 22.4 Å². The number of nitrogens with zero attached hydrogens (tertiary/aromatic N) is 2. The van der Waals surface area contributed by atoms with Crippen molar-refractivity contribution in [3.63, 3.8) is 0 Å². The van der Waals surface area contributed by atoms with Gasteiger partial charge in [0.15, 0.2) is 0 Å². The number of amides is 1. The molecule has 5 nitrogen and oxygen atoms in total. The van der Waals surface area contributed by atoms with Gasteiger partial charge in [0.25, 0.3) is 5.91 Å². The molecule has 0 atom stereocenters. The van der Waals surface area contributed by atoms with E-state index in [-0.39, 0.29) is 5.91 Å². The Bertz CT molecular complexity index is 677. The minimum atomic E-state index is -0.216. The van der Waals surface area contributed by atoms with Gasteiger partial charge in [0.2, 0.25) is 0 Å². The first-order chi connectivity index (χ1) is 11.0. The van der Waals surface area contributed by atoms with Crippen molar-refractivity contribution in [3.05, 3.63) is 46.9 Å². The molecule has 23 heavy (non-hydrogen) atoms. The summed E-state index contributed by atoms with van der Waals surface area (Å²) in [5, 5.41) is 6.20. The Morgan fingerprint density at radius 1 is 1.13 bits per heavy atom. The van der Waals surface area contributed by atoms with Crippen LogP contribution in [0.3, 0.4) is 0 Å². The van der Waals surface area contributed by atoms with Crippen molar-refractivity contribution in [2.45, 2.75) is 40.5 Å². The van der Waals surface area contributed by atoms with Gasteiger partial charge >= 0.3 is 0 Å². The summed E-state index contributed by atoms with van der Waals surface area (Å²) in [6, 6.07) is 7.63. The lowest BCUT2D eigenvalue weighted by Gasteiger charge is -2.12. The second kappa shape index (κ2) is 7.72. The van der Waals surface area contributed by atoms with Crippen molar-refractivity contribution < 1.29 is 4.79 Å². The third-order valence-corrected chi connectivity index (χ3v) is 3.63. The Kier molecular flexibility index (Phi) is 5.68. The average molecular weight is 312 g/mol. The van der Waals surface area contributed by atoms with Gasteiger partial charge in [0.05, 0.1) is 0 Å². The van der Waals surface area contributed by atoms with Crippen LogP contribution in [0.15, 0.2) is 24.3 Å². The van der Waals surface area contributed by atoms with Gasteiger partial charge in [-0.15, -0.1) is 0 Å². The molecule has 0 saturated carbocycles. The molecule has 0 aliphatic rings. The Labute approximate surface area is 137 Å². The molecule has 5 heteroatoms. The summed E-state index contributed by atoms with van der Waals surface area (Å²) in [7, 11) is 0. The van der Waals surface area contributed by atoms with Crippen molar-refractivity contribution >= 4 is 17.4 Å². The maximum absolute atomic E-state index is 12.5. The minimum absolute atomic E-state index is 0.216. The van der Waals surface area contributed by atoms with Crippen LogP contribution in [0.4, 0.5) is 11.5 Å². The number of carbonyl (C=O) groups is 1. The van der Waals surface area contributed by atoms with Crippen molar-refractivity contribution in [3.8, 4) is 0 Å². The molecule has 0 unspecified atom stereocenters. The highest BCUT2D eigenvalue weighted by molar-refractivity contribution is 6.04. The number of nitrogens with one attached hydrogen (secondary N) is 2. The van der Waals surface area contributed by atoms with E-state index in [1.54, 1.807) is 13.0 Å². The molecule has 2 N–H and O–H groups in total. The number of aryl methyl sites for hydroxylation is 3. The predicted molar refractivity (Wildman–Crippen MR) is 94.0 cm³/mol. The Morgan fingerprint density at radius 3 is 2.48 bits per heavy atom. The summed E-state index contributed by atoms with van der Waals surface area (Å²) in [5.74, 6) is 1.06. The maximum atomic E-state index is 12.5. The number of hydrogen-bond acceptors (Lipinski definition) is 4. The summed E-state index contributed by atoms with van der Waals surface area (Å²) in [6.45, 7) is 8.72. The topological polar surface area (TPSA) is 66.9 Å². The lowest BCUT2D eigenvalue weighted by molar-refractivity contribution is 0.102. The maximum Gasteiger partial charge on any atom is 0.274 e. The van der Waals surface area contributed by atoms with Gasteiger partial charge in [-0.3, -0.25) is 4.79 Å². The lowest BCUT2D eigenvalue weighted by atomic mass is 10.1. The molecule has 0 spiro atoms. The van der Waals surface area contributed by atoms with Crippen molar-refractivity contribution in [2.75, 3.05) is 17.2 Å². The Hall–Kier alpha value is -2.43. The predicted octanol–water partition coefficient (Wildman–Crippen LogP) is 3.87. The highest BCUT2D eigenvalue weighted by Crippen LogP contribution is 2.20. The number of carbonyl (C=O) groups excluding carboxylic acids is 1. The van der Waals surface area contributed by atoms with Gasteiger partial charge in [-0.2, -0.15) is 0 Å². The van der Waals surface area contributed by atoms with E-state index in [1.807, 2.05) is 32.0 Å². The SMILES string of the molecule is CCCCNc1cc(C(=O)Nc2c(C)cccc2C)nc(C)n1. The van der Waals surface area contributed by atoms with Crippen LogP contribution >= 0.6 is 0 Å². The van der Waals surface area contributed by atoms with Gasteiger partial charge < -0.3 is 10.6 Å². The molecule has 0 saturated heterocycles. The van der Waals surface area contributed by atoms with Crippen LogP contribution in [0.25, 0.3) is 0 Å². The molecule has 2 aromatic rings. The van der Waals surface area contributed by atoms with E-state index in [9.17, 15) is 4.79 Å². The average Bonchev–Trinajstić information content (AvgIpc) is 2.50. The number of para-hydroxylation sites is 1. The first-order valence-corrected chi connectivity index (χ1v) is 7.98. The van der Waals surface area contributed by atoms with Gasteiger partial charge in [-0.05, 0) is 38.3 Å². The quantitative estimate of drug-likeness (QED) is 0.795. The Morgan fingerprint density at radius 2 is 1.83 bits per heavy atom. The van der Waals surface area contributed by atoms with E-state index < -0.39 is 0 Å². The third kappa shape index (κ3) is 4.52. The van der Waals surface area contributed by atoms with Gasteiger partial charge in [-0.1, -0.05) is 31.5 Å². The molecule has 0 fully saturated rings.